The third kappa shape index (κ3) is 5.49. The van der Waals surface area contributed by atoms with Gasteiger partial charge in [0.15, 0.2) is 0 Å². The lowest BCUT2D eigenvalue weighted by molar-refractivity contribution is 0.0947. The molecule has 0 radical (unpaired) electrons. The number of carbonyl (C=O) groups is 1. The van der Waals surface area contributed by atoms with Crippen molar-refractivity contribution >= 4 is 24.0 Å². The molecule has 2 rings (SSSR count). The zero-order chi connectivity index (χ0) is 15.9. The molecule has 0 spiro atoms. The number of hydrogen-bond acceptors (Lipinski definition) is 3. The fraction of sp³-hybridized carbons (Fsp3) is 0.278. The van der Waals surface area contributed by atoms with Crippen LogP contribution in [0.4, 0.5) is 5.69 Å². The first-order chi connectivity index (χ1) is 10.6. The number of anilines is 1. The number of benzene rings is 2. The largest absolute Gasteiger partial charge is 0.491 e. The van der Waals surface area contributed by atoms with Crippen molar-refractivity contribution in [1.82, 2.24) is 5.32 Å². The molecule has 23 heavy (non-hydrogen) atoms. The molecule has 0 aliphatic rings. The molecule has 0 aromatic heterocycles. The summed E-state index contributed by atoms with van der Waals surface area (Å²) >= 11 is 0. The van der Waals surface area contributed by atoms with Gasteiger partial charge in [0.05, 0.1) is 6.54 Å². The van der Waals surface area contributed by atoms with Crippen LogP contribution in [0.3, 0.4) is 0 Å². The van der Waals surface area contributed by atoms with Gasteiger partial charge < -0.3 is 15.8 Å². The Balaban J connectivity index is 0.00000264. The summed E-state index contributed by atoms with van der Waals surface area (Å²) in [5.41, 5.74) is 7.97. The number of hydrogen-bond donors (Lipinski definition) is 2. The van der Waals surface area contributed by atoms with Crippen LogP contribution in [0.5, 0.6) is 5.75 Å². The van der Waals surface area contributed by atoms with Crippen LogP contribution in [0.1, 0.15) is 35.7 Å². The van der Waals surface area contributed by atoms with E-state index in [9.17, 15) is 4.79 Å². The molecule has 0 heterocycles. The second-order valence-electron chi connectivity index (χ2n) is 5.42. The van der Waals surface area contributed by atoms with Crippen LogP contribution < -0.4 is 15.8 Å². The van der Waals surface area contributed by atoms with Gasteiger partial charge in [0.1, 0.15) is 12.4 Å². The standard InChI is InChI=1S/C18H22N2O2.ClH/c1-13(2)16-8-3-4-9-17(16)22-11-10-20-18(21)14-6-5-7-15(19)12-14;/h3-9,12-13H,10-11,19H2,1-2H3,(H,20,21);1H. The maximum absolute atomic E-state index is 12.0. The second-order valence-corrected chi connectivity index (χ2v) is 5.42. The average Bonchev–Trinajstić information content (AvgIpc) is 2.51. The fourth-order valence-electron chi connectivity index (χ4n) is 2.20. The molecular weight excluding hydrogens is 312 g/mol. The van der Waals surface area contributed by atoms with Gasteiger partial charge in [0.2, 0.25) is 0 Å². The summed E-state index contributed by atoms with van der Waals surface area (Å²) in [6.07, 6.45) is 0. The minimum atomic E-state index is -0.145. The number of rotatable bonds is 6. The van der Waals surface area contributed by atoms with Crippen LogP contribution in [0.25, 0.3) is 0 Å². The summed E-state index contributed by atoms with van der Waals surface area (Å²) in [5.74, 6) is 1.13. The molecule has 0 bridgehead atoms. The van der Waals surface area contributed by atoms with Gasteiger partial charge in [-0.25, -0.2) is 0 Å². The molecule has 0 fully saturated rings. The topological polar surface area (TPSA) is 64.3 Å². The van der Waals surface area contributed by atoms with E-state index in [4.69, 9.17) is 10.5 Å². The van der Waals surface area contributed by atoms with E-state index in [2.05, 4.69) is 25.2 Å². The van der Waals surface area contributed by atoms with E-state index in [1.807, 2.05) is 18.2 Å². The monoisotopic (exact) mass is 334 g/mol. The highest BCUT2D eigenvalue weighted by Crippen LogP contribution is 2.25. The average molecular weight is 335 g/mol. The summed E-state index contributed by atoms with van der Waals surface area (Å²) in [5, 5.41) is 2.83. The summed E-state index contributed by atoms with van der Waals surface area (Å²) in [7, 11) is 0. The highest BCUT2D eigenvalue weighted by Gasteiger charge is 2.08. The maximum atomic E-state index is 12.0. The number of nitrogen functional groups attached to an aromatic ring is 1. The molecule has 2 aromatic carbocycles. The van der Waals surface area contributed by atoms with Crippen molar-refractivity contribution in [2.45, 2.75) is 19.8 Å². The van der Waals surface area contributed by atoms with Crippen LogP contribution in [0.2, 0.25) is 0 Å². The molecule has 0 aliphatic carbocycles. The molecule has 124 valence electrons. The molecular formula is C18H23ClN2O2. The van der Waals surface area contributed by atoms with Crippen LogP contribution >= 0.6 is 12.4 Å². The summed E-state index contributed by atoms with van der Waals surface area (Å²) in [6, 6.07) is 14.9. The third-order valence-corrected chi connectivity index (χ3v) is 3.34. The molecule has 0 unspecified atom stereocenters. The Hall–Kier alpha value is -2.20. The minimum absolute atomic E-state index is 0. The number of halogens is 1. The lowest BCUT2D eigenvalue weighted by Crippen LogP contribution is -2.28. The highest BCUT2D eigenvalue weighted by molar-refractivity contribution is 5.94. The highest BCUT2D eigenvalue weighted by atomic mass is 35.5. The van der Waals surface area contributed by atoms with E-state index in [0.717, 1.165) is 5.75 Å². The minimum Gasteiger partial charge on any atom is -0.491 e. The number of nitrogens with two attached hydrogens (primary N) is 1. The predicted molar refractivity (Wildman–Crippen MR) is 96.5 cm³/mol. The first-order valence-electron chi connectivity index (χ1n) is 7.43. The van der Waals surface area contributed by atoms with E-state index < -0.39 is 0 Å². The normalized spacial score (nSPS) is 10.0. The van der Waals surface area contributed by atoms with Crippen LogP contribution in [-0.4, -0.2) is 19.1 Å². The molecule has 2 aromatic rings. The van der Waals surface area contributed by atoms with Crippen molar-refractivity contribution in [3.63, 3.8) is 0 Å². The Morgan fingerprint density at radius 3 is 2.61 bits per heavy atom. The molecule has 0 aliphatic heterocycles. The van der Waals surface area contributed by atoms with E-state index in [-0.39, 0.29) is 18.3 Å². The summed E-state index contributed by atoms with van der Waals surface area (Å²) in [4.78, 5) is 12.0. The van der Waals surface area contributed by atoms with Gasteiger partial charge in [-0.15, -0.1) is 12.4 Å². The van der Waals surface area contributed by atoms with Crippen molar-refractivity contribution in [3.8, 4) is 5.75 Å². The quantitative estimate of drug-likeness (QED) is 0.626. The Labute approximate surface area is 143 Å². The smallest absolute Gasteiger partial charge is 0.251 e. The Bertz CT molecular complexity index is 644. The Kier molecular flexibility index (Phi) is 7.42. The van der Waals surface area contributed by atoms with Gasteiger partial charge >= 0.3 is 0 Å². The van der Waals surface area contributed by atoms with Crippen molar-refractivity contribution in [1.29, 1.82) is 0 Å². The van der Waals surface area contributed by atoms with Crippen LogP contribution in [-0.2, 0) is 0 Å². The Morgan fingerprint density at radius 2 is 1.91 bits per heavy atom. The molecule has 1 amide bonds. The number of para-hydroxylation sites is 1. The van der Waals surface area contributed by atoms with E-state index in [0.29, 0.717) is 30.3 Å². The van der Waals surface area contributed by atoms with Gasteiger partial charge in [-0.05, 0) is 35.7 Å². The summed E-state index contributed by atoms with van der Waals surface area (Å²) in [6.45, 7) is 5.13. The molecule has 0 saturated carbocycles. The van der Waals surface area contributed by atoms with Crippen LogP contribution in [0.15, 0.2) is 48.5 Å². The Morgan fingerprint density at radius 1 is 1.17 bits per heavy atom. The van der Waals surface area contributed by atoms with Crippen molar-refractivity contribution in [2.75, 3.05) is 18.9 Å². The SMILES string of the molecule is CC(C)c1ccccc1OCCNC(=O)c1cccc(N)c1.Cl. The maximum Gasteiger partial charge on any atom is 0.251 e. The number of ether oxygens (including phenoxy) is 1. The lowest BCUT2D eigenvalue weighted by atomic mass is 10.0. The van der Waals surface area contributed by atoms with Crippen molar-refractivity contribution < 1.29 is 9.53 Å². The lowest BCUT2D eigenvalue weighted by Gasteiger charge is -2.14. The van der Waals surface area contributed by atoms with E-state index in [1.165, 1.54) is 5.56 Å². The zero-order valence-corrected chi connectivity index (χ0v) is 14.2. The molecule has 0 atom stereocenters. The predicted octanol–water partition coefficient (Wildman–Crippen LogP) is 3.62. The number of amides is 1. The van der Waals surface area contributed by atoms with Crippen LogP contribution in [0, 0.1) is 0 Å². The third-order valence-electron chi connectivity index (χ3n) is 3.34. The molecule has 3 N–H and O–H groups in total. The van der Waals surface area contributed by atoms with Gasteiger partial charge in [-0.1, -0.05) is 38.1 Å². The molecule has 0 saturated heterocycles. The number of carbonyl (C=O) groups excluding carboxylic acids is 1. The second kappa shape index (κ2) is 9.06. The summed E-state index contributed by atoms with van der Waals surface area (Å²) < 4.78 is 5.77. The first-order valence-corrected chi connectivity index (χ1v) is 7.43. The van der Waals surface area contributed by atoms with Crippen molar-refractivity contribution in [2.24, 2.45) is 0 Å². The van der Waals surface area contributed by atoms with E-state index in [1.54, 1.807) is 24.3 Å². The van der Waals surface area contributed by atoms with Gasteiger partial charge in [0, 0.05) is 11.3 Å². The molecule has 4 nitrogen and oxygen atoms in total. The van der Waals surface area contributed by atoms with E-state index >= 15 is 0 Å². The number of nitrogens with one attached hydrogen (secondary N) is 1. The first kappa shape index (κ1) is 18.8. The van der Waals surface area contributed by atoms with Gasteiger partial charge in [-0.3, -0.25) is 4.79 Å². The van der Waals surface area contributed by atoms with Crippen molar-refractivity contribution in [3.05, 3.63) is 59.7 Å². The van der Waals surface area contributed by atoms with Gasteiger partial charge in [0.25, 0.3) is 5.91 Å². The molecule has 5 heteroatoms. The zero-order valence-electron chi connectivity index (χ0n) is 13.4. The fourth-order valence-corrected chi connectivity index (χ4v) is 2.20. The van der Waals surface area contributed by atoms with Gasteiger partial charge in [-0.2, -0.15) is 0 Å².